The van der Waals surface area contributed by atoms with Gasteiger partial charge < -0.3 is 18.9 Å². The molecule has 0 bridgehead atoms. The van der Waals surface area contributed by atoms with Crippen LogP contribution in [0.4, 0.5) is 0 Å². The van der Waals surface area contributed by atoms with Crippen LogP contribution in [0, 0.1) is 0 Å². The summed E-state index contributed by atoms with van der Waals surface area (Å²) in [6.07, 6.45) is 9.36. The highest BCUT2D eigenvalue weighted by Gasteiger charge is 2.12. The molecule has 1 aromatic heterocycles. The smallest absolute Gasteiger partial charge is 0.203 e. The molecular weight excluding hydrogens is 370 g/mol. The number of benzene rings is 2. The van der Waals surface area contributed by atoms with Crippen molar-refractivity contribution in [3.05, 3.63) is 59.4 Å². The van der Waals surface area contributed by atoms with Gasteiger partial charge in [-0.15, -0.1) is 5.10 Å². The first-order valence-electron chi connectivity index (χ1n) is 8.89. The standard InChI is InChI=1S/C22H23N3O4/c1-26-19-7-5-6-16(12-19)10-11-25-15-18(23-24-25)9-8-17-13-20(27-2)22(29-4)21(14-17)28-3/h5-15H,1-4H3/b9-8+,11-10+. The van der Waals surface area contributed by atoms with Gasteiger partial charge in [0.15, 0.2) is 11.5 Å². The lowest BCUT2D eigenvalue weighted by atomic mass is 10.1. The molecule has 7 nitrogen and oxygen atoms in total. The largest absolute Gasteiger partial charge is 0.497 e. The molecule has 0 fully saturated rings. The highest BCUT2D eigenvalue weighted by molar-refractivity contribution is 5.71. The maximum Gasteiger partial charge on any atom is 0.203 e. The minimum atomic E-state index is 0.556. The Bertz CT molecular complexity index is 999. The van der Waals surface area contributed by atoms with E-state index in [2.05, 4.69) is 10.3 Å². The SMILES string of the molecule is COc1cccc(/C=C/n2cc(/C=C/c3cc(OC)c(OC)c(OC)c3)nn2)c1. The second-order valence-electron chi connectivity index (χ2n) is 6.01. The summed E-state index contributed by atoms with van der Waals surface area (Å²) >= 11 is 0. The minimum absolute atomic E-state index is 0.556. The predicted octanol–water partition coefficient (Wildman–Crippen LogP) is 4.11. The highest BCUT2D eigenvalue weighted by Crippen LogP contribution is 2.38. The quantitative estimate of drug-likeness (QED) is 0.574. The van der Waals surface area contributed by atoms with Gasteiger partial charge in [0, 0.05) is 6.20 Å². The normalized spacial score (nSPS) is 11.2. The van der Waals surface area contributed by atoms with Gasteiger partial charge >= 0.3 is 0 Å². The Kier molecular flexibility index (Phi) is 6.52. The van der Waals surface area contributed by atoms with Gasteiger partial charge in [-0.3, -0.25) is 0 Å². The fraction of sp³-hybridized carbons (Fsp3) is 0.182. The predicted molar refractivity (Wildman–Crippen MR) is 113 cm³/mol. The lowest BCUT2D eigenvalue weighted by molar-refractivity contribution is 0.324. The van der Waals surface area contributed by atoms with E-state index in [9.17, 15) is 0 Å². The Morgan fingerprint density at radius 1 is 0.793 bits per heavy atom. The number of nitrogens with zero attached hydrogens (tertiary/aromatic N) is 3. The molecule has 0 aliphatic heterocycles. The molecule has 0 aliphatic rings. The Labute approximate surface area is 169 Å². The molecule has 0 spiro atoms. The first kappa shape index (κ1) is 20.0. The molecule has 1 heterocycles. The summed E-state index contributed by atoms with van der Waals surface area (Å²) in [7, 11) is 6.40. The number of hydrogen-bond donors (Lipinski definition) is 0. The second-order valence-corrected chi connectivity index (χ2v) is 6.01. The molecule has 29 heavy (non-hydrogen) atoms. The van der Waals surface area contributed by atoms with E-state index in [1.54, 1.807) is 33.1 Å². The fourth-order valence-electron chi connectivity index (χ4n) is 2.73. The van der Waals surface area contributed by atoms with Crippen molar-refractivity contribution in [1.29, 1.82) is 0 Å². The number of hydrogen-bond acceptors (Lipinski definition) is 6. The van der Waals surface area contributed by atoms with Crippen molar-refractivity contribution in [2.45, 2.75) is 0 Å². The molecule has 0 saturated heterocycles. The van der Waals surface area contributed by atoms with Crippen molar-refractivity contribution < 1.29 is 18.9 Å². The van der Waals surface area contributed by atoms with Crippen molar-refractivity contribution in [3.63, 3.8) is 0 Å². The van der Waals surface area contributed by atoms with Crippen LogP contribution in [-0.4, -0.2) is 43.4 Å². The molecule has 2 aromatic carbocycles. The molecule has 0 radical (unpaired) electrons. The zero-order valence-corrected chi connectivity index (χ0v) is 16.8. The van der Waals surface area contributed by atoms with Gasteiger partial charge in [0.1, 0.15) is 11.4 Å². The third kappa shape index (κ3) is 4.95. The fourth-order valence-corrected chi connectivity index (χ4v) is 2.73. The van der Waals surface area contributed by atoms with Crippen LogP contribution >= 0.6 is 0 Å². The van der Waals surface area contributed by atoms with Crippen LogP contribution in [-0.2, 0) is 0 Å². The summed E-state index contributed by atoms with van der Waals surface area (Å²) in [4.78, 5) is 0. The van der Waals surface area contributed by atoms with Crippen LogP contribution < -0.4 is 18.9 Å². The van der Waals surface area contributed by atoms with Crippen LogP contribution in [0.1, 0.15) is 16.8 Å². The van der Waals surface area contributed by atoms with Crippen molar-refractivity contribution in [1.82, 2.24) is 15.0 Å². The van der Waals surface area contributed by atoms with Gasteiger partial charge in [-0.2, -0.15) is 0 Å². The lowest BCUT2D eigenvalue weighted by Crippen LogP contribution is -1.95. The summed E-state index contributed by atoms with van der Waals surface area (Å²) in [5.74, 6) is 2.55. The van der Waals surface area contributed by atoms with Crippen molar-refractivity contribution in [3.8, 4) is 23.0 Å². The van der Waals surface area contributed by atoms with E-state index >= 15 is 0 Å². The van der Waals surface area contributed by atoms with E-state index in [4.69, 9.17) is 18.9 Å². The number of ether oxygens (including phenoxy) is 4. The molecule has 150 valence electrons. The molecule has 7 heteroatoms. The first-order chi connectivity index (χ1) is 14.2. The van der Waals surface area contributed by atoms with E-state index in [1.807, 2.05) is 67.0 Å². The van der Waals surface area contributed by atoms with E-state index in [0.29, 0.717) is 22.9 Å². The molecule has 0 unspecified atom stereocenters. The van der Waals surface area contributed by atoms with Crippen LogP contribution in [0.15, 0.2) is 42.6 Å². The van der Waals surface area contributed by atoms with Crippen LogP contribution in [0.3, 0.4) is 0 Å². The third-order valence-electron chi connectivity index (χ3n) is 4.18. The summed E-state index contributed by atoms with van der Waals surface area (Å²) in [6, 6.07) is 11.5. The minimum Gasteiger partial charge on any atom is -0.497 e. The van der Waals surface area contributed by atoms with Gasteiger partial charge in [0.2, 0.25) is 5.75 Å². The first-order valence-corrected chi connectivity index (χ1v) is 8.89. The summed E-state index contributed by atoms with van der Waals surface area (Å²) in [5.41, 5.74) is 2.62. The average molecular weight is 393 g/mol. The molecule has 0 N–H and O–H groups in total. The topological polar surface area (TPSA) is 67.6 Å². The van der Waals surface area contributed by atoms with Crippen LogP contribution in [0.2, 0.25) is 0 Å². The highest BCUT2D eigenvalue weighted by atomic mass is 16.5. The Balaban J connectivity index is 1.76. The molecule has 0 atom stereocenters. The molecule has 0 amide bonds. The van der Waals surface area contributed by atoms with E-state index < -0.39 is 0 Å². The number of methoxy groups -OCH3 is 4. The maximum atomic E-state index is 5.38. The van der Waals surface area contributed by atoms with Crippen molar-refractivity contribution in [2.24, 2.45) is 0 Å². The summed E-state index contributed by atoms with van der Waals surface area (Å²) in [5, 5.41) is 8.27. The van der Waals surface area contributed by atoms with Crippen molar-refractivity contribution >= 4 is 24.4 Å². The molecule has 0 aliphatic carbocycles. The second kappa shape index (κ2) is 9.45. The third-order valence-corrected chi connectivity index (χ3v) is 4.18. The van der Waals surface area contributed by atoms with E-state index in [0.717, 1.165) is 16.9 Å². The van der Waals surface area contributed by atoms with Gasteiger partial charge in [0.05, 0.1) is 34.6 Å². The van der Waals surface area contributed by atoms with Gasteiger partial charge in [-0.25, -0.2) is 4.68 Å². The number of aromatic nitrogens is 3. The zero-order chi connectivity index (χ0) is 20.6. The van der Waals surface area contributed by atoms with E-state index in [-0.39, 0.29) is 0 Å². The van der Waals surface area contributed by atoms with E-state index in [1.165, 1.54) is 0 Å². The van der Waals surface area contributed by atoms with Crippen LogP contribution in [0.5, 0.6) is 23.0 Å². The van der Waals surface area contributed by atoms with Crippen molar-refractivity contribution in [2.75, 3.05) is 28.4 Å². The Morgan fingerprint density at radius 3 is 2.21 bits per heavy atom. The number of rotatable bonds is 8. The Morgan fingerprint density at radius 2 is 1.55 bits per heavy atom. The average Bonchev–Trinajstić information content (AvgIpc) is 3.23. The van der Waals surface area contributed by atoms with Gasteiger partial charge in [-0.1, -0.05) is 23.4 Å². The molecular formula is C22H23N3O4. The maximum absolute atomic E-state index is 5.38. The van der Waals surface area contributed by atoms with Gasteiger partial charge in [0.25, 0.3) is 0 Å². The molecule has 0 saturated carbocycles. The summed E-state index contributed by atoms with van der Waals surface area (Å²) in [6.45, 7) is 0. The summed E-state index contributed by atoms with van der Waals surface area (Å²) < 4.78 is 23.0. The Hall–Kier alpha value is -3.74. The van der Waals surface area contributed by atoms with Crippen LogP contribution in [0.25, 0.3) is 24.4 Å². The molecule has 3 rings (SSSR count). The molecule has 3 aromatic rings. The zero-order valence-electron chi connectivity index (χ0n) is 16.8. The lowest BCUT2D eigenvalue weighted by Gasteiger charge is -2.12. The monoisotopic (exact) mass is 393 g/mol. The van der Waals surface area contributed by atoms with Gasteiger partial charge in [-0.05, 0) is 47.5 Å².